The average molecular weight is 164 g/mol. The maximum absolute atomic E-state index is 5.50. The molecule has 0 bridgehead atoms. The van der Waals surface area contributed by atoms with Gasteiger partial charge in [-0.2, -0.15) is 0 Å². The van der Waals surface area contributed by atoms with Crippen LogP contribution in [0, 0.1) is 13.8 Å². The average Bonchev–Trinajstić information content (AvgIpc) is 1.85. The van der Waals surface area contributed by atoms with Gasteiger partial charge in [-0.1, -0.05) is 0 Å². The summed E-state index contributed by atoms with van der Waals surface area (Å²) in [5, 5.41) is 0.917. The van der Waals surface area contributed by atoms with E-state index in [2.05, 4.69) is 13.8 Å². The lowest BCUT2D eigenvalue weighted by Crippen LogP contribution is -1.73. The van der Waals surface area contributed by atoms with Gasteiger partial charge in [-0.05, 0) is 25.5 Å². The van der Waals surface area contributed by atoms with Gasteiger partial charge >= 0.3 is 0 Å². The fraction of sp³-hybridized carbons (Fsp3) is 0.333. The molecule has 0 aliphatic carbocycles. The van der Waals surface area contributed by atoms with E-state index >= 15 is 0 Å². The molecule has 0 aliphatic rings. The van der Waals surface area contributed by atoms with Gasteiger partial charge in [0.2, 0.25) is 0 Å². The Balaban J connectivity index is 0.000000640. The van der Waals surface area contributed by atoms with Crippen LogP contribution in [0.5, 0.6) is 0 Å². The van der Waals surface area contributed by atoms with Crippen LogP contribution >= 0.6 is 23.7 Å². The van der Waals surface area contributed by atoms with Gasteiger partial charge in [-0.3, -0.25) is 0 Å². The quantitative estimate of drug-likeness (QED) is 0.625. The van der Waals surface area contributed by atoms with Crippen LogP contribution in [0.15, 0.2) is 6.07 Å². The third-order valence-corrected chi connectivity index (χ3v) is 2.17. The fourth-order valence-corrected chi connectivity index (χ4v) is 1.41. The van der Waals surface area contributed by atoms with Crippen molar-refractivity contribution in [3.05, 3.63) is 16.5 Å². The summed E-state index contributed by atoms with van der Waals surface area (Å²) in [6.07, 6.45) is 0. The first-order valence-corrected chi connectivity index (χ1v) is 3.34. The molecule has 0 aliphatic heterocycles. The zero-order chi connectivity index (χ0) is 6.15. The molecule has 1 heterocycles. The normalized spacial score (nSPS) is 8.67. The molecule has 0 radical (unpaired) electrons. The van der Waals surface area contributed by atoms with Crippen molar-refractivity contribution in [1.82, 2.24) is 0 Å². The molecule has 1 aromatic rings. The lowest BCUT2D eigenvalue weighted by atomic mass is 10.3. The topological polar surface area (TPSA) is 26.0 Å². The van der Waals surface area contributed by atoms with Crippen molar-refractivity contribution in [3.8, 4) is 0 Å². The molecule has 0 amide bonds. The van der Waals surface area contributed by atoms with Crippen LogP contribution in [0.3, 0.4) is 0 Å². The van der Waals surface area contributed by atoms with Crippen molar-refractivity contribution in [1.29, 1.82) is 0 Å². The van der Waals surface area contributed by atoms with Gasteiger partial charge < -0.3 is 5.73 Å². The monoisotopic (exact) mass is 163 g/mol. The molecule has 0 aromatic carbocycles. The fourth-order valence-electron chi connectivity index (χ4n) is 0.602. The molecule has 9 heavy (non-hydrogen) atoms. The maximum Gasteiger partial charge on any atom is 0.0861 e. The highest BCUT2D eigenvalue weighted by molar-refractivity contribution is 7.15. The molecular formula is C6H10ClNS. The standard InChI is InChI=1S/C6H9NS.ClH/c1-4-3-6(7)8-5(4)2;/h3H,7H2,1-2H3;1H. The number of hydrogen-bond donors (Lipinski definition) is 1. The summed E-state index contributed by atoms with van der Waals surface area (Å²) in [5.41, 5.74) is 6.80. The molecule has 1 nitrogen and oxygen atoms in total. The van der Waals surface area contributed by atoms with Crippen molar-refractivity contribution in [3.63, 3.8) is 0 Å². The number of rotatable bonds is 0. The van der Waals surface area contributed by atoms with Crippen LogP contribution in [0.2, 0.25) is 0 Å². The summed E-state index contributed by atoms with van der Waals surface area (Å²) in [6, 6.07) is 2.00. The Hall–Kier alpha value is -0.210. The van der Waals surface area contributed by atoms with Gasteiger partial charge in [-0.25, -0.2) is 0 Å². The van der Waals surface area contributed by atoms with E-state index in [4.69, 9.17) is 5.73 Å². The summed E-state index contributed by atoms with van der Waals surface area (Å²) >= 11 is 1.65. The van der Waals surface area contributed by atoms with Crippen LogP contribution in [0.25, 0.3) is 0 Å². The predicted octanol–water partition coefficient (Wildman–Crippen LogP) is 2.37. The van der Waals surface area contributed by atoms with Crippen molar-refractivity contribution in [2.24, 2.45) is 0 Å². The van der Waals surface area contributed by atoms with E-state index in [1.54, 1.807) is 11.3 Å². The summed E-state index contributed by atoms with van der Waals surface area (Å²) < 4.78 is 0. The number of nitrogen functional groups attached to an aromatic ring is 1. The Bertz CT molecular complexity index is 175. The number of aryl methyl sites for hydroxylation is 2. The van der Waals surface area contributed by atoms with Crippen LogP contribution in [0.1, 0.15) is 10.4 Å². The Morgan fingerprint density at radius 2 is 2.00 bits per heavy atom. The van der Waals surface area contributed by atoms with Gasteiger partial charge in [0.15, 0.2) is 0 Å². The van der Waals surface area contributed by atoms with E-state index in [1.165, 1.54) is 10.4 Å². The highest BCUT2D eigenvalue weighted by Crippen LogP contribution is 2.21. The van der Waals surface area contributed by atoms with E-state index in [1.807, 2.05) is 6.07 Å². The Morgan fingerprint density at radius 3 is 2.11 bits per heavy atom. The third kappa shape index (κ3) is 1.88. The molecule has 52 valence electrons. The number of halogens is 1. The molecule has 2 N–H and O–H groups in total. The molecular weight excluding hydrogens is 154 g/mol. The Kier molecular flexibility index (Phi) is 3.01. The van der Waals surface area contributed by atoms with Crippen molar-refractivity contribution < 1.29 is 0 Å². The summed E-state index contributed by atoms with van der Waals surface area (Å²) in [4.78, 5) is 1.32. The van der Waals surface area contributed by atoms with E-state index in [0.29, 0.717) is 0 Å². The Labute approximate surface area is 65.3 Å². The number of anilines is 1. The van der Waals surface area contributed by atoms with Crippen LogP contribution in [0.4, 0.5) is 5.00 Å². The van der Waals surface area contributed by atoms with Gasteiger partial charge in [0.25, 0.3) is 0 Å². The second-order valence-electron chi connectivity index (χ2n) is 1.89. The second-order valence-corrected chi connectivity index (χ2v) is 3.18. The predicted molar refractivity (Wildman–Crippen MR) is 45.5 cm³/mol. The molecule has 0 unspecified atom stereocenters. The highest BCUT2D eigenvalue weighted by Gasteiger charge is 1.94. The molecule has 0 atom stereocenters. The minimum atomic E-state index is 0. The summed E-state index contributed by atoms with van der Waals surface area (Å²) in [7, 11) is 0. The second kappa shape index (κ2) is 3.08. The molecule has 0 fully saturated rings. The van der Waals surface area contributed by atoms with Crippen molar-refractivity contribution in [2.45, 2.75) is 13.8 Å². The zero-order valence-corrected chi connectivity index (χ0v) is 7.10. The number of hydrogen-bond acceptors (Lipinski definition) is 2. The number of thiophene rings is 1. The molecule has 3 heteroatoms. The maximum atomic E-state index is 5.50. The summed E-state index contributed by atoms with van der Waals surface area (Å²) in [6.45, 7) is 4.15. The van der Waals surface area contributed by atoms with Crippen LogP contribution in [-0.4, -0.2) is 0 Å². The first kappa shape index (κ1) is 8.79. The largest absolute Gasteiger partial charge is 0.391 e. The third-order valence-electron chi connectivity index (χ3n) is 1.19. The van der Waals surface area contributed by atoms with E-state index < -0.39 is 0 Å². The van der Waals surface area contributed by atoms with E-state index in [9.17, 15) is 0 Å². The first-order chi connectivity index (χ1) is 3.70. The molecule has 0 saturated heterocycles. The molecule has 0 saturated carbocycles. The highest BCUT2D eigenvalue weighted by atomic mass is 35.5. The Morgan fingerprint density at radius 1 is 1.44 bits per heavy atom. The SMILES string of the molecule is Cc1cc(N)sc1C.Cl. The van der Waals surface area contributed by atoms with Gasteiger partial charge in [0, 0.05) is 4.88 Å². The first-order valence-electron chi connectivity index (χ1n) is 2.52. The minimum Gasteiger partial charge on any atom is -0.391 e. The lowest BCUT2D eigenvalue weighted by molar-refractivity contribution is 1.44. The van der Waals surface area contributed by atoms with E-state index in [-0.39, 0.29) is 12.4 Å². The molecule has 0 spiro atoms. The van der Waals surface area contributed by atoms with E-state index in [0.717, 1.165) is 5.00 Å². The van der Waals surface area contributed by atoms with Gasteiger partial charge in [-0.15, -0.1) is 23.7 Å². The molecule has 1 rings (SSSR count). The van der Waals surface area contributed by atoms with Crippen LogP contribution < -0.4 is 5.73 Å². The zero-order valence-electron chi connectivity index (χ0n) is 5.47. The van der Waals surface area contributed by atoms with Crippen LogP contribution in [-0.2, 0) is 0 Å². The number of nitrogens with two attached hydrogens (primary N) is 1. The lowest BCUT2D eigenvalue weighted by Gasteiger charge is -1.79. The van der Waals surface area contributed by atoms with Gasteiger partial charge in [0.1, 0.15) is 0 Å². The van der Waals surface area contributed by atoms with Gasteiger partial charge in [0.05, 0.1) is 5.00 Å². The minimum absolute atomic E-state index is 0. The van der Waals surface area contributed by atoms with Crippen molar-refractivity contribution >= 4 is 28.7 Å². The molecule has 1 aromatic heterocycles. The van der Waals surface area contributed by atoms with Crippen molar-refractivity contribution in [2.75, 3.05) is 5.73 Å². The smallest absolute Gasteiger partial charge is 0.0861 e. The summed E-state index contributed by atoms with van der Waals surface area (Å²) in [5.74, 6) is 0.